The van der Waals surface area contributed by atoms with Crippen LogP contribution in [0.15, 0.2) is 24.3 Å². The monoisotopic (exact) mass is 803 g/mol. The smallest absolute Gasteiger partial charge is 0.306 e. The molecular weight excluding hydrogens is 709 g/mol. The molecule has 0 aliphatic rings. The van der Waals surface area contributed by atoms with Crippen molar-refractivity contribution in [1.82, 2.24) is 0 Å². The van der Waals surface area contributed by atoms with Crippen molar-refractivity contribution in [2.24, 2.45) is 0 Å². The van der Waals surface area contributed by atoms with E-state index in [2.05, 4.69) is 45.1 Å². The van der Waals surface area contributed by atoms with Crippen LogP contribution in [-0.4, -0.2) is 37.2 Å². The summed E-state index contributed by atoms with van der Waals surface area (Å²) < 4.78 is 16.7. The molecule has 57 heavy (non-hydrogen) atoms. The maximum absolute atomic E-state index is 12.8. The van der Waals surface area contributed by atoms with Crippen LogP contribution in [-0.2, 0) is 28.6 Å². The van der Waals surface area contributed by atoms with E-state index in [-0.39, 0.29) is 31.1 Å². The molecule has 0 N–H and O–H groups in total. The summed E-state index contributed by atoms with van der Waals surface area (Å²) in [5.74, 6) is -0.883. The first-order valence-corrected chi connectivity index (χ1v) is 24.8. The largest absolute Gasteiger partial charge is 0.462 e. The highest BCUT2D eigenvalue weighted by molar-refractivity contribution is 5.71. The number of hydrogen-bond donors (Lipinski definition) is 0. The quantitative estimate of drug-likeness (QED) is 0.0264. The van der Waals surface area contributed by atoms with E-state index < -0.39 is 6.10 Å². The minimum Gasteiger partial charge on any atom is -0.462 e. The molecule has 0 bridgehead atoms. The van der Waals surface area contributed by atoms with Gasteiger partial charge >= 0.3 is 17.9 Å². The number of carbonyl (C=O) groups excluding carboxylic acids is 3. The normalized spacial score (nSPS) is 12.1. The van der Waals surface area contributed by atoms with Crippen LogP contribution in [0, 0.1) is 0 Å². The molecule has 0 unspecified atom stereocenters. The van der Waals surface area contributed by atoms with E-state index >= 15 is 0 Å². The summed E-state index contributed by atoms with van der Waals surface area (Å²) in [6, 6.07) is 0. The third kappa shape index (κ3) is 44.8. The van der Waals surface area contributed by atoms with Gasteiger partial charge in [-0.05, 0) is 64.2 Å². The fourth-order valence-electron chi connectivity index (χ4n) is 7.12. The third-order valence-corrected chi connectivity index (χ3v) is 10.9. The Kier molecular flexibility index (Phi) is 44.9. The van der Waals surface area contributed by atoms with E-state index in [9.17, 15) is 14.4 Å². The molecule has 0 aromatic carbocycles. The number of hydrogen-bond acceptors (Lipinski definition) is 6. The second-order valence-corrected chi connectivity index (χ2v) is 16.7. The molecule has 334 valence electrons. The van der Waals surface area contributed by atoms with Gasteiger partial charge in [0.1, 0.15) is 13.2 Å². The number of esters is 3. The molecule has 0 aromatic rings. The predicted molar refractivity (Wildman–Crippen MR) is 243 cm³/mol. The van der Waals surface area contributed by atoms with Crippen molar-refractivity contribution in [1.29, 1.82) is 0 Å². The molecule has 0 aliphatic carbocycles. The van der Waals surface area contributed by atoms with Gasteiger partial charge in [-0.3, -0.25) is 14.4 Å². The van der Waals surface area contributed by atoms with E-state index in [0.29, 0.717) is 19.3 Å². The van der Waals surface area contributed by atoms with Crippen molar-refractivity contribution in [3.63, 3.8) is 0 Å². The van der Waals surface area contributed by atoms with Crippen LogP contribution in [0.5, 0.6) is 0 Å². The predicted octanol–water partition coefficient (Wildman–Crippen LogP) is 16.0. The first kappa shape index (κ1) is 54.9. The van der Waals surface area contributed by atoms with Crippen LogP contribution in [0.3, 0.4) is 0 Å². The molecule has 0 saturated carbocycles. The minimum atomic E-state index is -0.771. The van der Waals surface area contributed by atoms with E-state index in [1.54, 1.807) is 0 Å². The molecule has 6 nitrogen and oxygen atoms in total. The van der Waals surface area contributed by atoms with Gasteiger partial charge in [0, 0.05) is 19.3 Å². The maximum atomic E-state index is 12.8. The number of carbonyl (C=O) groups is 3. The molecule has 0 amide bonds. The standard InChI is InChI=1S/C51H94O6/c1-4-7-10-13-16-19-22-24-26-29-32-35-38-41-44-50(53)56-47-48(46-55-49(52)43-40-37-34-31-28-21-18-15-12-9-6-3)57-51(54)45-42-39-36-33-30-27-25-23-20-17-14-11-8-5-2/h15,18,22,24,48H,4-14,16-17,19-21,23,25-47H2,1-3H3/b18-15-,24-22-/t48-/m1/s1. The summed E-state index contributed by atoms with van der Waals surface area (Å²) in [6.07, 6.45) is 51.5. The lowest BCUT2D eigenvalue weighted by Gasteiger charge is -2.18. The topological polar surface area (TPSA) is 78.9 Å². The fourth-order valence-corrected chi connectivity index (χ4v) is 7.12. The van der Waals surface area contributed by atoms with Gasteiger partial charge in [0.25, 0.3) is 0 Å². The van der Waals surface area contributed by atoms with E-state index in [4.69, 9.17) is 14.2 Å². The second kappa shape index (κ2) is 46.6. The molecule has 0 aliphatic heterocycles. The average molecular weight is 803 g/mol. The minimum absolute atomic E-state index is 0.0750. The van der Waals surface area contributed by atoms with Gasteiger partial charge in [-0.1, -0.05) is 206 Å². The van der Waals surface area contributed by atoms with Gasteiger partial charge in [0.15, 0.2) is 6.10 Å². The Bertz CT molecular complexity index is 927. The SMILES string of the molecule is CCCC/C=C\CCCCCCCC(=O)OC[C@H](COC(=O)CCCCCCC/C=C\CCCCCCC)OC(=O)CCCCCCCCCCCCCCCC. The summed E-state index contributed by atoms with van der Waals surface area (Å²) in [4.78, 5) is 37.8. The van der Waals surface area contributed by atoms with Gasteiger partial charge in [-0.2, -0.15) is 0 Å². The van der Waals surface area contributed by atoms with Crippen molar-refractivity contribution in [2.45, 2.75) is 271 Å². The van der Waals surface area contributed by atoms with Crippen molar-refractivity contribution in [3.05, 3.63) is 24.3 Å². The molecule has 1 atom stereocenters. The Hall–Kier alpha value is -2.11. The highest BCUT2D eigenvalue weighted by atomic mass is 16.6. The molecular formula is C51H94O6. The lowest BCUT2D eigenvalue weighted by molar-refractivity contribution is -0.167. The molecule has 0 heterocycles. The van der Waals surface area contributed by atoms with Crippen LogP contribution >= 0.6 is 0 Å². The number of unbranched alkanes of at least 4 members (excludes halogenated alkanes) is 30. The van der Waals surface area contributed by atoms with Gasteiger partial charge in [-0.25, -0.2) is 0 Å². The van der Waals surface area contributed by atoms with Gasteiger partial charge in [0.05, 0.1) is 0 Å². The Morgan fingerprint density at radius 3 is 0.930 bits per heavy atom. The number of ether oxygens (including phenoxy) is 3. The second-order valence-electron chi connectivity index (χ2n) is 16.7. The zero-order valence-electron chi connectivity index (χ0n) is 38.1. The summed E-state index contributed by atoms with van der Waals surface area (Å²) in [5.41, 5.74) is 0. The van der Waals surface area contributed by atoms with Crippen molar-refractivity contribution < 1.29 is 28.6 Å². The fraction of sp³-hybridized carbons (Fsp3) is 0.863. The molecule has 0 spiro atoms. The molecule has 0 fully saturated rings. The molecule has 0 radical (unpaired) electrons. The summed E-state index contributed by atoms with van der Waals surface area (Å²) in [5, 5.41) is 0. The van der Waals surface area contributed by atoms with Gasteiger partial charge < -0.3 is 14.2 Å². The Morgan fingerprint density at radius 1 is 0.333 bits per heavy atom. The highest BCUT2D eigenvalue weighted by Crippen LogP contribution is 2.15. The summed E-state index contributed by atoms with van der Waals surface area (Å²) in [6.45, 7) is 6.59. The third-order valence-electron chi connectivity index (χ3n) is 10.9. The first-order chi connectivity index (χ1) is 28.0. The Balaban J connectivity index is 4.36. The van der Waals surface area contributed by atoms with Crippen molar-refractivity contribution in [2.75, 3.05) is 13.2 Å². The molecule has 0 aromatic heterocycles. The summed E-state index contributed by atoms with van der Waals surface area (Å²) >= 11 is 0. The van der Waals surface area contributed by atoms with E-state index in [0.717, 1.165) is 70.6 Å². The van der Waals surface area contributed by atoms with Gasteiger partial charge in [0.2, 0.25) is 0 Å². The van der Waals surface area contributed by atoms with Crippen LogP contribution in [0.25, 0.3) is 0 Å². The highest BCUT2D eigenvalue weighted by Gasteiger charge is 2.19. The van der Waals surface area contributed by atoms with Crippen LogP contribution < -0.4 is 0 Å². The summed E-state index contributed by atoms with van der Waals surface area (Å²) in [7, 11) is 0. The molecule has 0 rings (SSSR count). The van der Waals surface area contributed by atoms with Crippen LogP contribution in [0.1, 0.15) is 265 Å². The van der Waals surface area contributed by atoms with E-state index in [1.807, 2.05) is 0 Å². The maximum Gasteiger partial charge on any atom is 0.306 e. The average Bonchev–Trinajstić information content (AvgIpc) is 3.21. The lowest BCUT2D eigenvalue weighted by atomic mass is 10.0. The number of allylic oxidation sites excluding steroid dienone is 4. The van der Waals surface area contributed by atoms with Gasteiger partial charge in [-0.15, -0.1) is 0 Å². The van der Waals surface area contributed by atoms with Crippen LogP contribution in [0.2, 0.25) is 0 Å². The Labute approximate surface area is 353 Å². The van der Waals surface area contributed by atoms with Crippen molar-refractivity contribution >= 4 is 17.9 Å². The number of rotatable bonds is 45. The molecule has 6 heteroatoms. The molecule has 0 saturated heterocycles. The lowest BCUT2D eigenvalue weighted by Crippen LogP contribution is -2.30. The van der Waals surface area contributed by atoms with E-state index in [1.165, 1.54) is 154 Å². The Morgan fingerprint density at radius 2 is 0.596 bits per heavy atom. The van der Waals surface area contributed by atoms with Crippen molar-refractivity contribution in [3.8, 4) is 0 Å². The van der Waals surface area contributed by atoms with Crippen LogP contribution in [0.4, 0.5) is 0 Å². The first-order valence-electron chi connectivity index (χ1n) is 24.8. The zero-order valence-corrected chi connectivity index (χ0v) is 38.1. The zero-order chi connectivity index (χ0) is 41.5.